The van der Waals surface area contributed by atoms with Gasteiger partial charge in [-0.15, -0.1) is 0 Å². The molecule has 0 saturated carbocycles. The second kappa shape index (κ2) is 8.81. The zero-order valence-electron chi connectivity index (χ0n) is 13.9. The van der Waals surface area contributed by atoms with Crippen LogP contribution in [0, 0.1) is 5.92 Å². The lowest BCUT2D eigenvalue weighted by Crippen LogP contribution is -2.40. The fourth-order valence-electron chi connectivity index (χ4n) is 3.15. The first kappa shape index (κ1) is 19.8. The molecule has 0 aromatic heterocycles. The Kier molecular flexibility index (Phi) is 6.70. The van der Waals surface area contributed by atoms with E-state index in [1.54, 1.807) is 18.2 Å². The Balaban J connectivity index is 1.65. The fourth-order valence-corrected chi connectivity index (χ4v) is 4.12. The topological polar surface area (TPSA) is 32.3 Å². The van der Waals surface area contributed by atoms with Crippen LogP contribution in [0.1, 0.15) is 18.4 Å². The first-order chi connectivity index (χ1) is 12.4. The number of carbonyl (C=O) groups excluding carboxylic acids is 1. The van der Waals surface area contributed by atoms with Crippen LogP contribution in [0.15, 0.2) is 36.4 Å². The minimum atomic E-state index is -0.114. The van der Waals surface area contributed by atoms with Gasteiger partial charge < -0.3 is 5.32 Å². The van der Waals surface area contributed by atoms with Gasteiger partial charge in [0.2, 0.25) is 5.91 Å². The molecule has 0 unspecified atom stereocenters. The number of rotatable bonds is 4. The van der Waals surface area contributed by atoms with E-state index in [1.165, 1.54) is 0 Å². The zero-order valence-corrected chi connectivity index (χ0v) is 17.0. The quantitative estimate of drug-likeness (QED) is 0.629. The number of anilines is 1. The van der Waals surface area contributed by atoms with Crippen molar-refractivity contribution in [1.29, 1.82) is 0 Å². The predicted octanol–water partition coefficient (Wildman–Crippen LogP) is 6.15. The van der Waals surface area contributed by atoms with Gasteiger partial charge in [0.25, 0.3) is 0 Å². The van der Waals surface area contributed by atoms with Crippen molar-refractivity contribution in [3.8, 4) is 0 Å². The SMILES string of the molecule is O=C(Nc1ccc(Cl)cc1Cl)[C@@H]1CCCN(Cc2c(Cl)cccc2Cl)C1. The Morgan fingerprint density at radius 1 is 1.08 bits per heavy atom. The van der Waals surface area contributed by atoms with Gasteiger partial charge >= 0.3 is 0 Å². The minimum absolute atomic E-state index is 0.0378. The van der Waals surface area contributed by atoms with E-state index in [2.05, 4.69) is 10.2 Å². The summed E-state index contributed by atoms with van der Waals surface area (Å²) in [6.45, 7) is 2.19. The standard InChI is InChI=1S/C19H18Cl4N2O/c20-13-6-7-18(17(23)9-13)24-19(26)12-3-2-8-25(10-12)11-14-15(21)4-1-5-16(14)22/h1,4-7,9,12H,2-3,8,10-11H2,(H,24,26)/t12-/m1/s1. The van der Waals surface area contributed by atoms with Gasteiger partial charge in [-0.25, -0.2) is 0 Å². The van der Waals surface area contributed by atoms with Crippen molar-refractivity contribution < 1.29 is 4.79 Å². The van der Waals surface area contributed by atoms with Gasteiger partial charge in [0, 0.05) is 33.7 Å². The van der Waals surface area contributed by atoms with Crippen molar-refractivity contribution >= 4 is 58.0 Å². The van der Waals surface area contributed by atoms with Crippen molar-refractivity contribution in [2.24, 2.45) is 5.92 Å². The molecule has 1 fully saturated rings. The van der Waals surface area contributed by atoms with Gasteiger partial charge in [0.1, 0.15) is 0 Å². The van der Waals surface area contributed by atoms with E-state index in [0.29, 0.717) is 38.9 Å². The van der Waals surface area contributed by atoms with E-state index in [-0.39, 0.29) is 11.8 Å². The van der Waals surface area contributed by atoms with E-state index < -0.39 is 0 Å². The number of nitrogens with zero attached hydrogens (tertiary/aromatic N) is 1. The van der Waals surface area contributed by atoms with E-state index in [4.69, 9.17) is 46.4 Å². The van der Waals surface area contributed by atoms with Crippen LogP contribution in [0.2, 0.25) is 20.1 Å². The number of piperidine rings is 1. The van der Waals surface area contributed by atoms with Gasteiger partial charge in [-0.1, -0.05) is 52.5 Å². The molecule has 1 aliphatic rings. The van der Waals surface area contributed by atoms with E-state index in [9.17, 15) is 4.79 Å². The van der Waals surface area contributed by atoms with Gasteiger partial charge in [-0.2, -0.15) is 0 Å². The van der Waals surface area contributed by atoms with Crippen molar-refractivity contribution in [1.82, 2.24) is 4.90 Å². The average molecular weight is 432 g/mol. The van der Waals surface area contributed by atoms with Crippen LogP contribution in [0.25, 0.3) is 0 Å². The second-order valence-corrected chi connectivity index (χ2v) is 8.05. The van der Waals surface area contributed by atoms with E-state index in [0.717, 1.165) is 24.9 Å². The third kappa shape index (κ3) is 4.85. The number of hydrogen-bond donors (Lipinski definition) is 1. The summed E-state index contributed by atoms with van der Waals surface area (Å²) in [7, 11) is 0. The largest absolute Gasteiger partial charge is 0.324 e. The third-order valence-corrected chi connectivity index (χ3v) is 5.76. The maximum absolute atomic E-state index is 12.7. The maximum atomic E-state index is 12.7. The molecule has 1 aliphatic heterocycles. The van der Waals surface area contributed by atoms with Crippen LogP contribution in [-0.4, -0.2) is 23.9 Å². The summed E-state index contributed by atoms with van der Waals surface area (Å²) < 4.78 is 0. The first-order valence-electron chi connectivity index (χ1n) is 8.35. The lowest BCUT2D eigenvalue weighted by Gasteiger charge is -2.32. The number of halogens is 4. The Bertz CT molecular complexity index is 792. The molecule has 3 nitrogen and oxygen atoms in total. The van der Waals surface area contributed by atoms with Crippen LogP contribution >= 0.6 is 46.4 Å². The van der Waals surface area contributed by atoms with Gasteiger partial charge in [0.05, 0.1) is 16.6 Å². The number of nitrogens with one attached hydrogen (secondary N) is 1. The van der Waals surface area contributed by atoms with Crippen LogP contribution in [-0.2, 0) is 11.3 Å². The van der Waals surface area contributed by atoms with Crippen molar-refractivity contribution in [3.63, 3.8) is 0 Å². The number of carbonyl (C=O) groups is 1. The second-order valence-electron chi connectivity index (χ2n) is 6.39. The molecule has 2 aromatic carbocycles. The molecule has 1 N–H and O–H groups in total. The molecule has 3 rings (SSSR count). The predicted molar refractivity (Wildman–Crippen MR) is 110 cm³/mol. The highest BCUT2D eigenvalue weighted by molar-refractivity contribution is 6.37. The van der Waals surface area contributed by atoms with Gasteiger partial charge in [-0.3, -0.25) is 9.69 Å². The number of amides is 1. The highest BCUT2D eigenvalue weighted by atomic mass is 35.5. The summed E-state index contributed by atoms with van der Waals surface area (Å²) in [5.41, 5.74) is 1.48. The van der Waals surface area contributed by atoms with Crippen molar-refractivity contribution in [3.05, 3.63) is 62.1 Å². The summed E-state index contributed by atoms with van der Waals surface area (Å²) in [5.74, 6) is -0.152. The molecule has 1 amide bonds. The molecule has 0 bridgehead atoms. The Labute approximate surface area is 173 Å². The van der Waals surface area contributed by atoms with Crippen LogP contribution in [0.5, 0.6) is 0 Å². The number of benzene rings is 2. The summed E-state index contributed by atoms with van der Waals surface area (Å²) in [6.07, 6.45) is 1.78. The smallest absolute Gasteiger partial charge is 0.228 e. The van der Waals surface area contributed by atoms with Crippen molar-refractivity contribution in [2.45, 2.75) is 19.4 Å². The lowest BCUT2D eigenvalue weighted by atomic mass is 9.96. The van der Waals surface area contributed by atoms with Crippen LogP contribution in [0.3, 0.4) is 0 Å². The molecular formula is C19H18Cl4N2O. The van der Waals surface area contributed by atoms with Gasteiger partial charge in [-0.05, 0) is 49.7 Å². The maximum Gasteiger partial charge on any atom is 0.228 e. The average Bonchev–Trinajstić information content (AvgIpc) is 2.61. The molecule has 7 heteroatoms. The highest BCUT2D eigenvalue weighted by Gasteiger charge is 2.27. The molecule has 1 atom stereocenters. The van der Waals surface area contributed by atoms with Crippen LogP contribution < -0.4 is 5.32 Å². The highest BCUT2D eigenvalue weighted by Crippen LogP contribution is 2.29. The molecule has 0 aliphatic carbocycles. The molecule has 1 heterocycles. The van der Waals surface area contributed by atoms with E-state index >= 15 is 0 Å². The van der Waals surface area contributed by atoms with E-state index in [1.807, 2.05) is 18.2 Å². The summed E-state index contributed by atoms with van der Waals surface area (Å²) in [5, 5.41) is 5.17. The Morgan fingerprint density at radius 2 is 1.81 bits per heavy atom. The summed E-state index contributed by atoms with van der Waals surface area (Å²) in [6, 6.07) is 10.5. The lowest BCUT2D eigenvalue weighted by molar-refractivity contribution is -0.121. The zero-order chi connectivity index (χ0) is 18.7. The molecule has 1 saturated heterocycles. The number of likely N-dealkylation sites (tertiary alicyclic amines) is 1. The Morgan fingerprint density at radius 3 is 2.50 bits per heavy atom. The molecule has 2 aromatic rings. The molecule has 0 spiro atoms. The summed E-state index contributed by atoms with van der Waals surface area (Å²) in [4.78, 5) is 14.9. The number of hydrogen-bond acceptors (Lipinski definition) is 2. The monoisotopic (exact) mass is 430 g/mol. The normalized spacial score (nSPS) is 17.9. The Hall–Kier alpha value is -0.970. The minimum Gasteiger partial charge on any atom is -0.324 e. The van der Waals surface area contributed by atoms with Crippen LogP contribution in [0.4, 0.5) is 5.69 Å². The van der Waals surface area contributed by atoms with Gasteiger partial charge in [0.15, 0.2) is 0 Å². The molecule has 0 radical (unpaired) electrons. The molecule has 138 valence electrons. The molecule has 26 heavy (non-hydrogen) atoms. The third-order valence-electron chi connectivity index (χ3n) is 4.51. The van der Waals surface area contributed by atoms with Crippen molar-refractivity contribution in [2.75, 3.05) is 18.4 Å². The molecular weight excluding hydrogens is 414 g/mol. The summed E-state index contributed by atoms with van der Waals surface area (Å²) >= 11 is 24.6. The fraction of sp³-hybridized carbons (Fsp3) is 0.316. The first-order valence-corrected chi connectivity index (χ1v) is 9.86.